The van der Waals surface area contributed by atoms with Crippen LogP contribution in [0.4, 0.5) is 0 Å². The lowest BCUT2D eigenvalue weighted by molar-refractivity contribution is -0.873. The number of ether oxygens (including phenoxy) is 1. The Kier molecular flexibility index (Phi) is 13.3. The zero-order valence-electron chi connectivity index (χ0n) is 21.0. The van der Waals surface area contributed by atoms with Gasteiger partial charge in [0, 0.05) is 31.7 Å². The zero-order valence-corrected chi connectivity index (χ0v) is 21.0. The van der Waals surface area contributed by atoms with Crippen molar-refractivity contribution in [2.75, 3.05) is 27.7 Å². The second-order valence-electron chi connectivity index (χ2n) is 10.1. The van der Waals surface area contributed by atoms with Crippen molar-refractivity contribution in [1.29, 1.82) is 0 Å². The highest BCUT2D eigenvalue weighted by atomic mass is 16.5. The normalized spacial score (nSPS) is 12.7. The van der Waals surface area contributed by atoms with Crippen molar-refractivity contribution in [3.05, 3.63) is 23.2 Å². The highest BCUT2D eigenvalue weighted by Gasteiger charge is 2.22. The molecule has 6 nitrogen and oxygen atoms in total. The van der Waals surface area contributed by atoms with Gasteiger partial charge in [0.1, 0.15) is 18.1 Å². The van der Waals surface area contributed by atoms with Gasteiger partial charge in [-0.2, -0.15) is 0 Å². The summed E-state index contributed by atoms with van der Waals surface area (Å²) >= 11 is 0. The summed E-state index contributed by atoms with van der Waals surface area (Å²) in [6, 6.07) is 2.20. The average Bonchev–Trinajstić information content (AvgIpc) is 3.01. The number of carbonyl (C=O) groups excluding carboxylic acids is 2. The Bertz CT molecular complexity index is 674. The fraction of sp³-hybridized carbons (Fsp3) is 0.769. The van der Waals surface area contributed by atoms with Gasteiger partial charge >= 0.3 is 5.97 Å². The summed E-state index contributed by atoms with van der Waals surface area (Å²) in [4.78, 5) is 23.0. The van der Waals surface area contributed by atoms with E-state index in [1.807, 2.05) is 21.1 Å². The fourth-order valence-corrected chi connectivity index (χ4v) is 3.96. The monoisotopic (exact) mass is 451 g/mol. The maximum atomic E-state index is 12.1. The Labute approximate surface area is 194 Å². The Morgan fingerprint density at radius 1 is 1.00 bits per heavy atom. The van der Waals surface area contributed by atoms with Crippen LogP contribution in [0, 0.1) is 6.92 Å². The van der Waals surface area contributed by atoms with Gasteiger partial charge in [-0.1, -0.05) is 45.4 Å². The molecule has 0 radical (unpaired) electrons. The minimum atomic E-state index is -1.19. The number of hydrogen-bond acceptors (Lipinski definition) is 5. The zero-order chi connectivity index (χ0) is 24.0. The van der Waals surface area contributed by atoms with Gasteiger partial charge in [0.05, 0.1) is 21.1 Å². The van der Waals surface area contributed by atoms with E-state index in [-0.39, 0.29) is 12.4 Å². The number of rotatable bonds is 18. The smallest absolute Gasteiger partial charge is 0.306 e. The molecule has 1 atom stereocenters. The molecule has 1 aromatic heterocycles. The molecule has 0 aliphatic rings. The number of aliphatic carboxylic acids is 1. The van der Waals surface area contributed by atoms with Crippen LogP contribution in [0.5, 0.6) is 0 Å². The fourth-order valence-electron chi connectivity index (χ4n) is 3.96. The van der Waals surface area contributed by atoms with Gasteiger partial charge in [-0.15, -0.1) is 0 Å². The summed E-state index contributed by atoms with van der Waals surface area (Å²) in [5.41, 5.74) is 1.28. The molecule has 32 heavy (non-hydrogen) atoms. The second-order valence-corrected chi connectivity index (χ2v) is 10.1. The molecular weight excluding hydrogens is 406 g/mol. The van der Waals surface area contributed by atoms with E-state index in [0.29, 0.717) is 17.4 Å². The molecule has 1 aromatic rings. The molecule has 0 saturated heterocycles. The van der Waals surface area contributed by atoms with Gasteiger partial charge in [0.15, 0.2) is 6.10 Å². The average molecular weight is 452 g/mol. The summed E-state index contributed by atoms with van der Waals surface area (Å²) in [5, 5.41) is 10.9. The predicted molar refractivity (Wildman–Crippen MR) is 125 cm³/mol. The topological polar surface area (TPSA) is 79.6 Å². The number of carbonyl (C=O) groups is 2. The van der Waals surface area contributed by atoms with Crippen LogP contribution in [0.2, 0.25) is 0 Å². The van der Waals surface area contributed by atoms with E-state index in [2.05, 4.69) is 19.9 Å². The van der Waals surface area contributed by atoms with Crippen molar-refractivity contribution in [1.82, 2.24) is 0 Å². The Morgan fingerprint density at radius 2 is 1.62 bits per heavy atom. The van der Waals surface area contributed by atoms with E-state index in [1.54, 1.807) is 0 Å². The number of carboxylic acids is 1. The minimum absolute atomic E-state index is 0.253. The van der Waals surface area contributed by atoms with Crippen LogP contribution >= 0.6 is 0 Å². The number of carboxylic acid groups (broad SMARTS) is 1. The van der Waals surface area contributed by atoms with Crippen LogP contribution in [0.3, 0.4) is 0 Å². The van der Waals surface area contributed by atoms with E-state index < -0.39 is 12.1 Å². The number of hydrogen-bond donors (Lipinski definition) is 0. The molecule has 1 unspecified atom stereocenters. The number of nitrogens with zero attached hydrogens (tertiary/aromatic N) is 1. The molecule has 0 aliphatic carbocycles. The third-order valence-corrected chi connectivity index (χ3v) is 5.58. The number of esters is 1. The predicted octanol–water partition coefficient (Wildman–Crippen LogP) is 4.35. The van der Waals surface area contributed by atoms with Crippen molar-refractivity contribution >= 4 is 11.9 Å². The van der Waals surface area contributed by atoms with Crippen molar-refractivity contribution in [2.24, 2.45) is 0 Å². The molecule has 0 amide bonds. The first-order valence-corrected chi connectivity index (χ1v) is 12.4. The molecule has 1 rings (SSSR count). The van der Waals surface area contributed by atoms with Gasteiger partial charge in [0.25, 0.3) is 0 Å². The lowest BCUT2D eigenvalue weighted by atomic mass is 10.1. The van der Waals surface area contributed by atoms with Crippen molar-refractivity contribution in [2.45, 2.75) is 103 Å². The van der Waals surface area contributed by atoms with Gasteiger partial charge in [0.2, 0.25) is 0 Å². The van der Waals surface area contributed by atoms with E-state index in [1.165, 1.54) is 24.8 Å². The van der Waals surface area contributed by atoms with Crippen LogP contribution in [0.1, 0.15) is 94.6 Å². The van der Waals surface area contributed by atoms with Crippen LogP contribution in [0.25, 0.3) is 0 Å². The molecule has 6 heteroatoms. The Balaban J connectivity index is 2.15. The quantitative estimate of drug-likeness (QED) is 0.188. The molecule has 0 N–H and O–H groups in total. The van der Waals surface area contributed by atoms with Crippen LogP contribution < -0.4 is 5.11 Å². The number of likely N-dealkylation sites (N-methyl/N-ethyl adjacent to an activating group) is 1. The third kappa shape index (κ3) is 13.6. The number of unbranched alkanes of at least 4 members (excludes halogenated alkanes) is 7. The first kappa shape index (κ1) is 28.2. The minimum Gasteiger partial charge on any atom is -0.550 e. The lowest BCUT2D eigenvalue weighted by Gasteiger charge is -2.29. The van der Waals surface area contributed by atoms with Crippen LogP contribution in [-0.4, -0.2) is 50.2 Å². The molecule has 184 valence electrons. The molecule has 0 bridgehead atoms. The van der Waals surface area contributed by atoms with E-state index in [4.69, 9.17) is 9.15 Å². The standard InChI is InChI=1S/C26H45NO5/c1-6-7-12-15-22-18-21(2)24(31-22)16-13-10-8-9-11-14-17-26(30)32-23(19-25(28)29)20-27(3,4)5/h18,23H,6-17,19-20H2,1-5H3. The summed E-state index contributed by atoms with van der Waals surface area (Å²) in [5.74, 6) is 0.766. The van der Waals surface area contributed by atoms with Crippen molar-refractivity contribution in [3.8, 4) is 0 Å². The van der Waals surface area contributed by atoms with E-state index in [0.717, 1.165) is 62.9 Å². The molecular formula is C26H45NO5. The van der Waals surface area contributed by atoms with Crippen LogP contribution in [0.15, 0.2) is 10.5 Å². The highest BCUT2D eigenvalue weighted by molar-refractivity contribution is 5.70. The van der Waals surface area contributed by atoms with E-state index in [9.17, 15) is 14.7 Å². The number of quaternary nitrogens is 1. The molecule has 0 saturated carbocycles. The second kappa shape index (κ2) is 15.1. The highest BCUT2D eigenvalue weighted by Crippen LogP contribution is 2.20. The largest absolute Gasteiger partial charge is 0.550 e. The summed E-state index contributed by atoms with van der Waals surface area (Å²) in [7, 11) is 5.82. The first-order valence-electron chi connectivity index (χ1n) is 12.4. The van der Waals surface area contributed by atoms with Gasteiger partial charge < -0.3 is 23.5 Å². The first-order chi connectivity index (χ1) is 15.1. The Morgan fingerprint density at radius 3 is 2.25 bits per heavy atom. The number of furan rings is 1. The summed E-state index contributed by atoms with van der Waals surface area (Å²) in [6.45, 7) is 4.81. The molecule has 0 fully saturated rings. The van der Waals surface area contributed by atoms with Gasteiger partial charge in [-0.05, 0) is 37.8 Å². The maximum absolute atomic E-state index is 12.1. The molecule has 0 aliphatic heterocycles. The van der Waals surface area contributed by atoms with Crippen molar-refractivity contribution in [3.63, 3.8) is 0 Å². The molecule has 0 aromatic carbocycles. The molecule has 0 spiro atoms. The van der Waals surface area contributed by atoms with Gasteiger partial charge in [-0.3, -0.25) is 4.79 Å². The number of aryl methyl sites for hydroxylation is 3. The summed E-state index contributed by atoms with van der Waals surface area (Å²) in [6.07, 6.45) is 11.5. The Hall–Kier alpha value is -1.82. The molecule has 1 heterocycles. The summed E-state index contributed by atoms with van der Waals surface area (Å²) < 4.78 is 11.9. The third-order valence-electron chi connectivity index (χ3n) is 5.58. The van der Waals surface area contributed by atoms with E-state index >= 15 is 0 Å². The maximum Gasteiger partial charge on any atom is 0.306 e. The SMILES string of the molecule is CCCCCc1cc(C)c(CCCCCCCCC(=O)OC(CC(=O)[O-])C[N+](C)(C)C)o1. The van der Waals surface area contributed by atoms with Crippen molar-refractivity contribution < 1.29 is 28.3 Å². The lowest BCUT2D eigenvalue weighted by Crippen LogP contribution is -2.45. The van der Waals surface area contributed by atoms with Crippen LogP contribution in [-0.2, 0) is 27.2 Å². The van der Waals surface area contributed by atoms with Gasteiger partial charge in [-0.25, -0.2) is 0 Å².